The van der Waals surface area contributed by atoms with Gasteiger partial charge in [-0.1, -0.05) is 13.3 Å². The molecule has 2 amide bonds. The van der Waals surface area contributed by atoms with Crippen molar-refractivity contribution in [2.75, 3.05) is 32.8 Å². The fourth-order valence-corrected chi connectivity index (χ4v) is 2.93. The number of piperidine rings is 1. The summed E-state index contributed by atoms with van der Waals surface area (Å²) in [5, 5.41) is 5.40. The predicted octanol–water partition coefficient (Wildman–Crippen LogP) is 1.24. The van der Waals surface area contributed by atoms with Crippen LogP contribution in [0.2, 0.25) is 0 Å². The number of amides is 2. The molecular formula is C15H25N3O3. The Balaban J connectivity index is 2.08. The first-order valence-corrected chi connectivity index (χ1v) is 7.80. The van der Waals surface area contributed by atoms with Gasteiger partial charge in [-0.15, -0.1) is 0 Å². The number of urea groups is 1. The van der Waals surface area contributed by atoms with E-state index >= 15 is 0 Å². The van der Waals surface area contributed by atoms with Crippen LogP contribution >= 0.6 is 0 Å². The highest BCUT2D eigenvalue weighted by Gasteiger charge is 2.26. The first kappa shape index (κ1) is 15.8. The first-order chi connectivity index (χ1) is 10.1. The van der Waals surface area contributed by atoms with E-state index in [2.05, 4.69) is 22.5 Å². The van der Waals surface area contributed by atoms with Crippen LogP contribution in [-0.4, -0.2) is 49.7 Å². The van der Waals surface area contributed by atoms with Crippen molar-refractivity contribution < 1.29 is 14.3 Å². The Hall–Kier alpha value is -1.56. The van der Waals surface area contributed by atoms with Crippen LogP contribution in [0, 0.1) is 5.92 Å². The summed E-state index contributed by atoms with van der Waals surface area (Å²) in [6.07, 6.45) is 3.62. The fraction of sp³-hybridized carbons (Fsp3) is 0.733. The molecule has 0 radical (unpaired) electrons. The van der Waals surface area contributed by atoms with Gasteiger partial charge in [0.1, 0.15) is 0 Å². The lowest BCUT2D eigenvalue weighted by Crippen LogP contribution is -2.48. The maximum atomic E-state index is 12.0. The number of esters is 1. The number of hydrogen-bond acceptors (Lipinski definition) is 4. The molecule has 0 spiro atoms. The summed E-state index contributed by atoms with van der Waals surface area (Å²) in [7, 11) is 0. The number of carbonyl (C=O) groups is 2. The Bertz CT molecular complexity index is 434. The molecule has 118 valence electrons. The van der Waals surface area contributed by atoms with Gasteiger partial charge in [0.25, 0.3) is 0 Å². The fourth-order valence-electron chi connectivity index (χ4n) is 2.93. The summed E-state index contributed by atoms with van der Waals surface area (Å²) in [5.74, 6) is 0.367. The summed E-state index contributed by atoms with van der Waals surface area (Å²) in [6.45, 7) is 7.22. The zero-order valence-corrected chi connectivity index (χ0v) is 12.9. The molecule has 0 aliphatic carbocycles. The van der Waals surface area contributed by atoms with Crippen LogP contribution in [0.25, 0.3) is 0 Å². The maximum absolute atomic E-state index is 12.0. The molecule has 6 nitrogen and oxygen atoms in total. The molecule has 1 fully saturated rings. The Kier molecular flexibility index (Phi) is 5.61. The average molecular weight is 295 g/mol. The first-order valence-electron chi connectivity index (χ1n) is 7.80. The van der Waals surface area contributed by atoms with Crippen molar-refractivity contribution in [1.82, 2.24) is 15.5 Å². The maximum Gasteiger partial charge on any atom is 0.337 e. The van der Waals surface area contributed by atoms with Crippen molar-refractivity contribution >= 4 is 12.0 Å². The highest BCUT2D eigenvalue weighted by Crippen LogP contribution is 2.20. The Labute approximate surface area is 125 Å². The van der Waals surface area contributed by atoms with E-state index in [1.807, 2.05) is 0 Å². The monoisotopic (exact) mass is 295 g/mol. The van der Waals surface area contributed by atoms with Crippen LogP contribution in [0.1, 0.15) is 33.1 Å². The summed E-state index contributed by atoms with van der Waals surface area (Å²) in [4.78, 5) is 25.8. The molecule has 6 heteroatoms. The molecule has 0 aromatic heterocycles. The lowest BCUT2D eigenvalue weighted by molar-refractivity contribution is -0.138. The van der Waals surface area contributed by atoms with Gasteiger partial charge in [-0.3, -0.25) is 4.90 Å². The van der Waals surface area contributed by atoms with E-state index in [9.17, 15) is 9.59 Å². The molecule has 0 unspecified atom stereocenters. The van der Waals surface area contributed by atoms with Crippen LogP contribution in [0.4, 0.5) is 4.79 Å². The Morgan fingerprint density at radius 1 is 1.43 bits per heavy atom. The number of carbonyl (C=O) groups excluding carboxylic acids is 2. The highest BCUT2D eigenvalue weighted by molar-refractivity contribution is 5.93. The van der Waals surface area contributed by atoms with Gasteiger partial charge in [0.2, 0.25) is 0 Å². The summed E-state index contributed by atoms with van der Waals surface area (Å²) in [5.41, 5.74) is 1.23. The second-order valence-electron chi connectivity index (χ2n) is 5.64. The van der Waals surface area contributed by atoms with Crippen molar-refractivity contribution in [3.8, 4) is 0 Å². The Morgan fingerprint density at radius 2 is 2.24 bits per heavy atom. The quantitative estimate of drug-likeness (QED) is 0.749. The topological polar surface area (TPSA) is 70.7 Å². The van der Waals surface area contributed by atoms with Gasteiger partial charge < -0.3 is 15.4 Å². The number of hydrogen-bond donors (Lipinski definition) is 2. The van der Waals surface area contributed by atoms with Crippen molar-refractivity contribution in [2.45, 2.75) is 33.1 Å². The van der Waals surface area contributed by atoms with E-state index in [-0.39, 0.29) is 18.5 Å². The van der Waals surface area contributed by atoms with E-state index in [0.29, 0.717) is 30.3 Å². The molecule has 2 N–H and O–H groups in total. The second-order valence-corrected chi connectivity index (χ2v) is 5.64. The molecule has 1 saturated heterocycles. The smallest absolute Gasteiger partial charge is 0.337 e. The number of rotatable bonds is 5. The van der Waals surface area contributed by atoms with Crippen molar-refractivity contribution in [2.24, 2.45) is 5.92 Å². The van der Waals surface area contributed by atoms with Crippen LogP contribution in [0.5, 0.6) is 0 Å². The minimum Gasteiger partial charge on any atom is -0.463 e. The van der Waals surface area contributed by atoms with Crippen molar-refractivity contribution in [3.05, 3.63) is 11.3 Å². The molecule has 0 bridgehead atoms. The molecule has 0 aromatic rings. The number of likely N-dealkylation sites (tertiary alicyclic amines) is 1. The average Bonchev–Trinajstić information content (AvgIpc) is 2.48. The van der Waals surface area contributed by atoms with Gasteiger partial charge in [0.15, 0.2) is 0 Å². The number of nitrogens with one attached hydrogen (secondary N) is 2. The highest BCUT2D eigenvalue weighted by atomic mass is 16.5. The van der Waals surface area contributed by atoms with E-state index in [1.54, 1.807) is 6.92 Å². The number of nitrogens with zero attached hydrogens (tertiary/aromatic N) is 1. The second kappa shape index (κ2) is 7.45. The van der Waals surface area contributed by atoms with Crippen molar-refractivity contribution in [1.29, 1.82) is 0 Å². The van der Waals surface area contributed by atoms with E-state index in [4.69, 9.17) is 4.74 Å². The molecule has 0 saturated carbocycles. The third-order valence-corrected chi connectivity index (χ3v) is 4.14. The van der Waals surface area contributed by atoms with Crippen LogP contribution in [-0.2, 0) is 9.53 Å². The van der Waals surface area contributed by atoms with Crippen LogP contribution in [0.3, 0.4) is 0 Å². The van der Waals surface area contributed by atoms with Gasteiger partial charge in [-0.25, -0.2) is 9.59 Å². The summed E-state index contributed by atoms with van der Waals surface area (Å²) >= 11 is 0. The summed E-state index contributed by atoms with van der Waals surface area (Å²) < 4.78 is 5.07. The molecular weight excluding hydrogens is 270 g/mol. The predicted molar refractivity (Wildman–Crippen MR) is 79.6 cm³/mol. The van der Waals surface area contributed by atoms with Gasteiger partial charge in [0, 0.05) is 18.8 Å². The molecule has 2 aliphatic heterocycles. The molecule has 2 heterocycles. The van der Waals surface area contributed by atoms with Gasteiger partial charge >= 0.3 is 12.0 Å². The van der Waals surface area contributed by atoms with E-state index < -0.39 is 0 Å². The van der Waals surface area contributed by atoms with Crippen molar-refractivity contribution in [3.63, 3.8) is 0 Å². The van der Waals surface area contributed by atoms with E-state index in [0.717, 1.165) is 13.1 Å². The lowest BCUT2D eigenvalue weighted by atomic mass is 9.95. The third kappa shape index (κ3) is 4.20. The molecule has 21 heavy (non-hydrogen) atoms. The zero-order valence-electron chi connectivity index (χ0n) is 12.9. The van der Waals surface area contributed by atoms with Crippen LogP contribution in [0.15, 0.2) is 11.3 Å². The lowest BCUT2D eigenvalue weighted by Gasteiger charge is -2.34. The molecule has 0 aromatic carbocycles. The minimum absolute atomic E-state index is 0.241. The molecule has 2 rings (SSSR count). The number of ether oxygens (including phenoxy) is 1. The normalized spacial score (nSPS) is 23.5. The molecule has 1 atom stereocenters. The standard InChI is InChI=1S/C15H25N3O3/c1-3-11-6-5-7-18(9-11)10-13-12(14(19)21-4-2)8-16-15(20)17-13/h11H,3-10H2,1-2H3,(H2,16,17,20)/t11-/m1/s1. The minimum atomic E-state index is -0.343. The van der Waals surface area contributed by atoms with Gasteiger partial charge in [-0.2, -0.15) is 0 Å². The van der Waals surface area contributed by atoms with Gasteiger partial charge in [-0.05, 0) is 32.2 Å². The SMILES string of the molecule is CCOC(=O)C1=C(CN2CCC[C@@H](CC)C2)NC(=O)NC1. The van der Waals surface area contributed by atoms with Gasteiger partial charge in [0.05, 0.1) is 18.7 Å². The third-order valence-electron chi connectivity index (χ3n) is 4.14. The largest absolute Gasteiger partial charge is 0.463 e. The summed E-state index contributed by atoms with van der Waals surface area (Å²) in [6, 6.07) is -0.248. The molecule has 2 aliphatic rings. The van der Waals surface area contributed by atoms with E-state index in [1.165, 1.54) is 19.3 Å². The Morgan fingerprint density at radius 3 is 2.95 bits per heavy atom. The zero-order chi connectivity index (χ0) is 15.2. The van der Waals surface area contributed by atoms with Crippen LogP contribution < -0.4 is 10.6 Å².